The molecule has 2 saturated heterocycles. The molecule has 0 saturated carbocycles. The number of nitrogens with zero attached hydrogens (tertiary/aromatic N) is 1. The summed E-state index contributed by atoms with van der Waals surface area (Å²) in [5, 5.41) is 2.85. The monoisotopic (exact) mass is 362 g/mol. The molecule has 1 aromatic carbocycles. The zero-order chi connectivity index (χ0) is 18.4. The van der Waals surface area contributed by atoms with Crippen LogP contribution in [0, 0.1) is 5.92 Å². The highest BCUT2D eigenvalue weighted by Gasteiger charge is 2.35. The molecule has 26 heavy (non-hydrogen) atoms. The van der Waals surface area contributed by atoms with Crippen LogP contribution in [-0.2, 0) is 14.3 Å². The molecule has 0 spiro atoms. The highest BCUT2D eigenvalue weighted by atomic mass is 16.5. The van der Waals surface area contributed by atoms with Crippen molar-refractivity contribution in [3.8, 4) is 11.5 Å². The zero-order valence-electron chi connectivity index (χ0n) is 15.1. The van der Waals surface area contributed by atoms with Crippen LogP contribution in [0.2, 0.25) is 0 Å². The van der Waals surface area contributed by atoms with Crippen LogP contribution < -0.4 is 14.8 Å². The number of hydrogen-bond acceptors (Lipinski definition) is 5. The molecule has 7 heteroatoms. The summed E-state index contributed by atoms with van der Waals surface area (Å²) in [6.07, 6.45) is 2.44. The summed E-state index contributed by atoms with van der Waals surface area (Å²) in [5.41, 5.74) is 0. The van der Waals surface area contributed by atoms with Crippen LogP contribution in [0.3, 0.4) is 0 Å². The average molecular weight is 362 g/mol. The van der Waals surface area contributed by atoms with Crippen LogP contribution in [0.1, 0.15) is 19.3 Å². The molecule has 1 aromatic rings. The number of rotatable bonds is 8. The summed E-state index contributed by atoms with van der Waals surface area (Å²) in [4.78, 5) is 26.1. The Labute approximate surface area is 153 Å². The van der Waals surface area contributed by atoms with Crippen molar-refractivity contribution in [3.05, 3.63) is 24.3 Å². The molecule has 0 aromatic heterocycles. The lowest BCUT2D eigenvalue weighted by molar-refractivity contribution is -0.129. The maximum absolute atomic E-state index is 12.3. The van der Waals surface area contributed by atoms with Crippen LogP contribution >= 0.6 is 0 Å². The van der Waals surface area contributed by atoms with Gasteiger partial charge in [-0.15, -0.1) is 0 Å². The Morgan fingerprint density at radius 2 is 2.08 bits per heavy atom. The van der Waals surface area contributed by atoms with E-state index in [1.54, 1.807) is 12.0 Å². The minimum atomic E-state index is -0.287. The highest BCUT2D eigenvalue weighted by Crippen LogP contribution is 2.21. The summed E-state index contributed by atoms with van der Waals surface area (Å²) >= 11 is 0. The van der Waals surface area contributed by atoms with E-state index in [4.69, 9.17) is 14.2 Å². The number of ether oxygens (including phenoxy) is 3. The summed E-state index contributed by atoms with van der Waals surface area (Å²) in [7, 11) is 1.61. The minimum Gasteiger partial charge on any atom is -0.497 e. The largest absolute Gasteiger partial charge is 0.497 e. The quantitative estimate of drug-likeness (QED) is 0.704. The molecule has 7 nitrogen and oxygen atoms in total. The van der Waals surface area contributed by atoms with Crippen molar-refractivity contribution >= 4 is 11.8 Å². The predicted molar refractivity (Wildman–Crippen MR) is 95.2 cm³/mol. The maximum atomic E-state index is 12.3. The summed E-state index contributed by atoms with van der Waals surface area (Å²) < 4.78 is 16.3. The Morgan fingerprint density at radius 3 is 2.77 bits per heavy atom. The van der Waals surface area contributed by atoms with Crippen molar-refractivity contribution in [2.45, 2.75) is 25.4 Å². The van der Waals surface area contributed by atoms with E-state index in [0.717, 1.165) is 30.9 Å². The molecule has 142 valence electrons. The molecule has 2 aliphatic rings. The number of methoxy groups -OCH3 is 1. The van der Waals surface area contributed by atoms with Crippen molar-refractivity contribution in [3.63, 3.8) is 0 Å². The first-order chi connectivity index (χ1) is 12.7. The Bertz CT molecular complexity index is 613. The molecular weight excluding hydrogens is 336 g/mol. The van der Waals surface area contributed by atoms with Gasteiger partial charge in [-0.2, -0.15) is 0 Å². The maximum Gasteiger partial charge on any atom is 0.225 e. The number of likely N-dealkylation sites (tertiary alicyclic amines) is 1. The molecule has 1 N–H and O–H groups in total. The van der Waals surface area contributed by atoms with Gasteiger partial charge in [0.2, 0.25) is 11.8 Å². The van der Waals surface area contributed by atoms with Crippen LogP contribution in [-0.4, -0.2) is 62.8 Å². The van der Waals surface area contributed by atoms with Gasteiger partial charge in [0.1, 0.15) is 18.1 Å². The number of hydrogen-bond donors (Lipinski definition) is 1. The fourth-order valence-corrected chi connectivity index (χ4v) is 3.32. The van der Waals surface area contributed by atoms with E-state index in [9.17, 15) is 9.59 Å². The van der Waals surface area contributed by atoms with Crippen molar-refractivity contribution < 1.29 is 23.8 Å². The lowest BCUT2D eigenvalue weighted by Gasteiger charge is -2.20. The zero-order valence-corrected chi connectivity index (χ0v) is 15.1. The number of benzene rings is 1. The standard InChI is InChI=1S/C19H26N2O5/c1-24-15-4-6-16(7-5-15)26-10-8-20-19(23)14-11-18(22)21(12-14)13-17-3-2-9-25-17/h4-7,14,17H,2-3,8-13H2,1H3,(H,20,23). The molecular formula is C19H26N2O5. The SMILES string of the molecule is COc1ccc(OCCNC(=O)C2CC(=O)N(CC3CCCO3)C2)cc1. The molecule has 0 bridgehead atoms. The molecule has 2 fully saturated rings. The number of carbonyl (C=O) groups is 2. The van der Waals surface area contributed by atoms with E-state index in [1.165, 1.54) is 0 Å². The van der Waals surface area contributed by atoms with Crippen molar-refractivity contribution in [2.24, 2.45) is 5.92 Å². The molecule has 2 atom stereocenters. The van der Waals surface area contributed by atoms with Crippen LogP contribution in [0.15, 0.2) is 24.3 Å². The second-order valence-corrected chi connectivity index (χ2v) is 6.65. The minimum absolute atomic E-state index is 0.0372. The molecule has 2 unspecified atom stereocenters. The van der Waals surface area contributed by atoms with E-state index in [0.29, 0.717) is 26.2 Å². The van der Waals surface area contributed by atoms with E-state index >= 15 is 0 Å². The normalized spacial score (nSPS) is 22.5. The first-order valence-electron chi connectivity index (χ1n) is 9.09. The predicted octanol–water partition coefficient (Wildman–Crippen LogP) is 1.22. The lowest BCUT2D eigenvalue weighted by atomic mass is 10.1. The molecule has 0 radical (unpaired) electrons. The van der Waals surface area contributed by atoms with Gasteiger partial charge < -0.3 is 24.4 Å². The Morgan fingerprint density at radius 1 is 1.31 bits per heavy atom. The second kappa shape index (κ2) is 8.89. The van der Waals surface area contributed by atoms with Gasteiger partial charge in [0.15, 0.2) is 0 Å². The Hall–Kier alpha value is -2.28. The van der Waals surface area contributed by atoms with E-state index in [2.05, 4.69) is 5.32 Å². The van der Waals surface area contributed by atoms with Crippen LogP contribution in [0.4, 0.5) is 0 Å². The van der Waals surface area contributed by atoms with Crippen LogP contribution in [0.25, 0.3) is 0 Å². The number of amides is 2. The Kier molecular flexibility index (Phi) is 6.33. The third-order valence-corrected chi connectivity index (χ3v) is 4.76. The van der Waals surface area contributed by atoms with Gasteiger partial charge in [0.25, 0.3) is 0 Å². The molecule has 0 aliphatic carbocycles. The van der Waals surface area contributed by atoms with E-state index in [-0.39, 0.29) is 30.3 Å². The fourth-order valence-electron chi connectivity index (χ4n) is 3.32. The highest BCUT2D eigenvalue weighted by molar-refractivity contribution is 5.89. The van der Waals surface area contributed by atoms with E-state index < -0.39 is 0 Å². The fraction of sp³-hybridized carbons (Fsp3) is 0.579. The van der Waals surface area contributed by atoms with Gasteiger partial charge in [-0.1, -0.05) is 0 Å². The molecule has 2 heterocycles. The number of nitrogens with one attached hydrogen (secondary N) is 1. The third-order valence-electron chi connectivity index (χ3n) is 4.76. The van der Waals surface area contributed by atoms with Gasteiger partial charge in [0, 0.05) is 26.1 Å². The molecule has 2 aliphatic heterocycles. The first-order valence-corrected chi connectivity index (χ1v) is 9.09. The lowest BCUT2D eigenvalue weighted by Crippen LogP contribution is -2.37. The van der Waals surface area contributed by atoms with Gasteiger partial charge in [0.05, 0.1) is 25.7 Å². The van der Waals surface area contributed by atoms with Crippen molar-refractivity contribution in [2.75, 3.05) is 40.0 Å². The number of carbonyl (C=O) groups excluding carboxylic acids is 2. The smallest absolute Gasteiger partial charge is 0.225 e. The summed E-state index contributed by atoms with van der Waals surface area (Å²) in [6, 6.07) is 7.28. The Balaban J connectivity index is 1.36. The second-order valence-electron chi connectivity index (χ2n) is 6.65. The third kappa shape index (κ3) is 4.88. The average Bonchev–Trinajstić information content (AvgIpc) is 3.30. The van der Waals surface area contributed by atoms with E-state index in [1.807, 2.05) is 24.3 Å². The van der Waals surface area contributed by atoms with Crippen LogP contribution in [0.5, 0.6) is 11.5 Å². The first kappa shape index (κ1) is 18.5. The molecule has 2 amide bonds. The van der Waals surface area contributed by atoms with Gasteiger partial charge in [-0.25, -0.2) is 0 Å². The molecule has 3 rings (SSSR count). The topological polar surface area (TPSA) is 77.1 Å². The van der Waals surface area contributed by atoms with Gasteiger partial charge in [-0.3, -0.25) is 9.59 Å². The van der Waals surface area contributed by atoms with Gasteiger partial charge in [-0.05, 0) is 37.1 Å². The van der Waals surface area contributed by atoms with Crippen molar-refractivity contribution in [1.82, 2.24) is 10.2 Å². The summed E-state index contributed by atoms with van der Waals surface area (Å²) in [5.74, 6) is 1.15. The van der Waals surface area contributed by atoms with Gasteiger partial charge >= 0.3 is 0 Å². The van der Waals surface area contributed by atoms with Crippen molar-refractivity contribution in [1.29, 1.82) is 0 Å². The summed E-state index contributed by atoms with van der Waals surface area (Å²) in [6.45, 7) is 2.62.